The van der Waals surface area contributed by atoms with Crippen LogP contribution in [0.2, 0.25) is 0 Å². The third kappa shape index (κ3) is 3.91. The van der Waals surface area contributed by atoms with Crippen LogP contribution in [0.15, 0.2) is 30.5 Å². The summed E-state index contributed by atoms with van der Waals surface area (Å²) in [4.78, 5) is 11.5. The van der Waals surface area contributed by atoms with Crippen LogP contribution >= 0.6 is 0 Å². The van der Waals surface area contributed by atoms with Gasteiger partial charge in [0.05, 0.1) is 7.11 Å². The fraction of sp³-hybridized carbons (Fsp3) is 0.474. The number of hydrogen-bond donors (Lipinski definition) is 0. The number of methoxy groups -OCH3 is 2. The molecule has 0 spiro atoms. The lowest BCUT2D eigenvalue weighted by molar-refractivity contribution is 0.176. The fourth-order valence-electron chi connectivity index (χ4n) is 3.20. The molecule has 1 atom stereocenters. The van der Waals surface area contributed by atoms with Crippen molar-refractivity contribution < 1.29 is 9.47 Å². The van der Waals surface area contributed by atoms with Gasteiger partial charge in [-0.05, 0) is 23.6 Å². The molecular weight excluding hydrogens is 302 g/mol. The van der Waals surface area contributed by atoms with Gasteiger partial charge in [-0.2, -0.15) is 0 Å². The van der Waals surface area contributed by atoms with E-state index in [-0.39, 0.29) is 0 Å². The highest BCUT2D eigenvalue weighted by atomic mass is 16.5. The SMILES string of the molecule is COCc1ncc2c(n1)CCN(CC(C)c1ccc(OC)cc1)C2. The quantitative estimate of drug-likeness (QED) is 0.816. The molecule has 0 N–H and O–H groups in total. The van der Waals surface area contributed by atoms with Crippen LogP contribution in [0.1, 0.15) is 35.5 Å². The van der Waals surface area contributed by atoms with Crippen LogP contribution in [-0.2, 0) is 24.3 Å². The van der Waals surface area contributed by atoms with Gasteiger partial charge in [0, 0.05) is 50.6 Å². The summed E-state index contributed by atoms with van der Waals surface area (Å²) in [5.74, 6) is 2.16. The fourth-order valence-corrected chi connectivity index (χ4v) is 3.20. The molecule has 0 saturated heterocycles. The molecular formula is C19H25N3O2. The standard InChI is InChI=1S/C19H25N3O2/c1-14(15-4-6-17(24-3)7-5-15)11-22-9-8-18-16(12-22)10-20-19(21-18)13-23-2/h4-7,10,14H,8-9,11-13H2,1-3H3. The largest absolute Gasteiger partial charge is 0.497 e. The molecule has 1 aliphatic rings. The molecule has 0 bridgehead atoms. The van der Waals surface area contributed by atoms with Gasteiger partial charge >= 0.3 is 0 Å². The van der Waals surface area contributed by atoms with Crippen molar-refractivity contribution in [3.63, 3.8) is 0 Å². The molecule has 5 nitrogen and oxygen atoms in total. The van der Waals surface area contributed by atoms with Crippen LogP contribution < -0.4 is 4.74 Å². The van der Waals surface area contributed by atoms with E-state index in [1.165, 1.54) is 16.8 Å². The van der Waals surface area contributed by atoms with Gasteiger partial charge in [0.25, 0.3) is 0 Å². The zero-order chi connectivity index (χ0) is 16.9. The molecule has 0 aliphatic carbocycles. The lowest BCUT2D eigenvalue weighted by Gasteiger charge is -2.30. The number of nitrogens with zero attached hydrogens (tertiary/aromatic N) is 3. The maximum atomic E-state index is 5.23. The van der Waals surface area contributed by atoms with Crippen LogP contribution in [0.4, 0.5) is 0 Å². The molecule has 1 unspecified atom stereocenters. The van der Waals surface area contributed by atoms with Gasteiger partial charge in [-0.3, -0.25) is 4.90 Å². The van der Waals surface area contributed by atoms with Crippen molar-refractivity contribution in [2.75, 3.05) is 27.3 Å². The normalized spacial score (nSPS) is 15.8. The van der Waals surface area contributed by atoms with Crippen molar-refractivity contribution in [1.82, 2.24) is 14.9 Å². The van der Waals surface area contributed by atoms with Gasteiger partial charge in [-0.1, -0.05) is 19.1 Å². The van der Waals surface area contributed by atoms with E-state index in [4.69, 9.17) is 9.47 Å². The Morgan fingerprint density at radius 2 is 2.00 bits per heavy atom. The van der Waals surface area contributed by atoms with Crippen LogP contribution in [0.25, 0.3) is 0 Å². The Labute approximate surface area is 143 Å². The molecule has 0 radical (unpaired) electrons. The molecule has 0 fully saturated rings. The summed E-state index contributed by atoms with van der Waals surface area (Å²) in [5, 5.41) is 0. The average molecular weight is 327 g/mol. The Morgan fingerprint density at radius 1 is 1.21 bits per heavy atom. The lowest BCUT2D eigenvalue weighted by Crippen LogP contribution is -2.34. The predicted molar refractivity (Wildman–Crippen MR) is 93.1 cm³/mol. The molecule has 0 saturated carbocycles. The van der Waals surface area contributed by atoms with E-state index in [0.717, 1.165) is 37.6 Å². The maximum Gasteiger partial charge on any atom is 0.154 e. The summed E-state index contributed by atoms with van der Waals surface area (Å²) in [7, 11) is 3.37. The van der Waals surface area contributed by atoms with Gasteiger partial charge in [0.1, 0.15) is 12.4 Å². The Balaban J connectivity index is 1.62. The molecule has 1 aliphatic heterocycles. The highest BCUT2D eigenvalue weighted by Crippen LogP contribution is 2.23. The van der Waals surface area contributed by atoms with E-state index in [1.54, 1.807) is 14.2 Å². The highest BCUT2D eigenvalue weighted by molar-refractivity contribution is 5.29. The average Bonchev–Trinajstić information content (AvgIpc) is 2.62. The van der Waals surface area contributed by atoms with E-state index in [2.05, 4.69) is 33.9 Å². The summed E-state index contributed by atoms with van der Waals surface area (Å²) in [6, 6.07) is 8.37. The van der Waals surface area contributed by atoms with E-state index < -0.39 is 0 Å². The van der Waals surface area contributed by atoms with Crippen molar-refractivity contribution in [1.29, 1.82) is 0 Å². The van der Waals surface area contributed by atoms with Gasteiger partial charge in [-0.25, -0.2) is 9.97 Å². The van der Waals surface area contributed by atoms with Crippen LogP contribution in [0, 0.1) is 0 Å². The second kappa shape index (κ2) is 7.73. The topological polar surface area (TPSA) is 47.5 Å². The zero-order valence-corrected chi connectivity index (χ0v) is 14.7. The van der Waals surface area contributed by atoms with Crippen molar-refractivity contribution in [2.45, 2.75) is 32.4 Å². The molecule has 5 heteroatoms. The first-order chi connectivity index (χ1) is 11.7. The maximum absolute atomic E-state index is 5.23. The summed E-state index contributed by atoms with van der Waals surface area (Å²) in [5.41, 5.74) is 3.75. The minimum atomic E-state index is 0.478. The first kappa shape index (κ1) is 16.9. The molecule has 128 valence electrons. The van der Waals surface area contributed by atoms with Gasteiger partial charge in [0.15, 0.2) is 5.82 Å². The van der Waals surface area contributed by atoms with Crippen molar-refractivity contribution in [3.05, 3.63) is 53.1 Å². The Kier molecular flexibility index (Phi) is 5.43. The van der Waals surface area contributed by atoms with Crippen LogP contribution in [0.5, 0.6) is 5.75 Å². The summed E-state index contributed by atoms with van der Waals surface area (Å²) in [6.45, 7) is 5.74. The molecule has 1 aromatic carbocycles. The molecule has 1 aromatic heterocycles. The van der Waals surface area contributed by atoms with E-state index in [9.17, 15) is 0 Å². The number of ether oxygens (including phenoxy) is 2. The summed E-state index contributed by atoms with van der Waals surface area (Å²) < 4.78 is 10.3. The third-order valence-electron chi connectivity index (χ3n) is 4.55. The number of aromatic nitrogens is 2. The third-order valence-corrected chi connectivity index (χ3v) is 4.55. The Hall–Kier alpha value is -1.98. The lowest BCUT2D eigenvalue weighted by atomic mass is 9.98. The van der Waals surface area contributed by atoms with Gasteiger partial charge in [0.2, 0.25) is 0 Å². The minimum Gasteiger partial charge on any atom is -0.497 e. The number of hydrogen-bond acceptors (Lipinski definition) is 5. The van der Waals surface area contributed by atoms with Crippen molar-refractivity contribution in [3.8, 4) is 5.75 Å². The highest BCUT2D eigenvalue weighted by Gasteiger charge is 2.20. The molecule has 3 rings (SSSR count). The van der Waals surface area contributed by atoms with Gasteiger partial charge in [-0.15, -0.1) is 0 Å². The summed E-state index contributed by atoms with van der Waals surface area (Å²) >= 11 is 0. The number of fused-ring (bicyclic) bond motifs is 1. The van der Waals surface area contributed by atoms with E-state index in [1.807, 2.05) is 18.3 Å². The first-order valence-corrected chi connectivity index (χ1v) is 8.38. The van der Waals surface area contributed by atoms with E-state index >= 15 is 0 Å². The molecule has 2 aromatic rings. The summed E-state index contributed by atoms with van der Waals surface area (Å²) in [6.07, 6.45) is 2.94. The van der Waals surface area contributed by atoms with Crippen molar-refractivity contribution in [2.24, 2.45) is 0 Å². The molecule has 2 heterocycles. The Bertz CT molecular complexity index is 673. The smallest absolute Gasteiger partial charge is 0.154 e. The molecule has 0 amide bonds. The monoisotopic (exact) mass is 327 g/mol. The first-order valence-electron chi connectivity index (χ1n) is 8.38. The van der Waals surface area contributed by atoms with E-state index in [0.29, 0.717) is 12.5 Å². The number of benzene rings is 1. The second-order valence-electron chi connectivity index (χ2n) is 6.35. The van der Waals surface area contributed by atoms with Crippen molar-refractivity contribution >= 4 is 0 Å². The van der Waals surface area contributed by atoms with Crippen LogP contribution in [0.3, 0.4) is 0 Å². The molecule has 24 heavy (non-hydrogen) atoms. The number of rotatable bonds is 6. The Morgan fingerprint density at radius 3 is 2.71 bits per heavy atom. The zero-order valence-electron chi connectivity index (χ0n) is 14.7. The minimum absolute atomic E-state index is 0.478. The van der Waals surface area contributed by atoms with Gasteiger partial charge < -0.3 is 9.47 Å². The second-order valence-corrected chi connectivity index (χ2v) is 6.35. The predicted octanol–water partition coefficient (Wildman–Crippen LogP) is 2.79. The van der Waals surface area contributed by atoms with Crippen LogP contribution in [-0.4, -0.2) is 42.2 Å².